The van der Waals surface area contributed by atoms with Crippen LogP contribution in [0.2, 0.25) is 0 Å². The summed E-state index contributed by atoms with van der Waals surface area (Å²) in [5.74, 6) is -1.68. The summed E-state index contributed by atoms with van der Waals surface area (Å²) in [6.07, 6.45) is 5.52. The van der Waals surface area contributed by atoms with Crippen molar-refractivity contribution in [3.8, 4) is 0 Å². The third kappa shape index (κ3) is 6.18. The van der Waals surface area contributed by atoms with Gasteiger partial charge in [-0.05, 0) is 24.6 Å². The monoisotopic (exact) mass is 506 g/mol. The number of ether oxygens (including phenoxy) is 1. The molecule has 2 aliphatic rings. The zero-order chi connectivity index (χ0) is 26.5. The first-order chi connectivity index (χ1) is 17.7. The summed E-state index contributed by atoms with van der Waals surface area (Å²) in [6, 6.07) is 4.19. The van der Waals surface area contributed by atoms with Crippen molar-refractivity contribution in [2.24, 2.45) is 12.0 Å². The van der Waals surface area contributed by atoms with Crippen molar-refractivity contribution in [2.75, 3.05) is 11.9 Å². The van der Waals surface area contributed by atoms with E-state index in [0.717, 1.165) is 5.57 Å². The fourth-order valence-electron chi connectivity index (χ4n) is 4.20. The number of cyclic esters (lactones) is 1. The number of fused-ring (bicyclic) bond motifs is 5. The molecular formula is C26H30N6O5. The first kappa shape index (κ1) is 26.0. The normalized spacial score (nSPS) is 23.0. The molecule has 2 aromatic rings. The van der Waals surface area contributed by atoms with E-state index in [2.05, 4.69) is 32.3 Å². The molecular weight excluding hydrogens is 476 g/mol. The molecule has 4 rings (SSSR count). The van der Waals surface area contributed by atoms with Gasteiger partial charge in [0.2, 0.25) is 0 Å². The molecule has 3 atom stereocenters. The minimum absolute atomic E-state index is 0.0126. The van der Waals surface area contributed by atoms with Gasteiger partial charge in [0.1, 0.15) is 5.69 Å². The number of nitrogens with one attached hydrogen (secondary N) is 2. The number of aliphatic hydroxyl groups excluding tert-OH is 1. The van der Waals surface area contributed by atoms with Crippen molar-refractivity contribution in [1.82, 2.24) is 20.1 Å². The van der Waals surface area contributed by atoms with Crippen LogP contribution in [0.15, 0.2) is 47.6 Å². The minimum Gasteiger partial charge on any atom is -0.462 e. The molecule has 0 spiro atoms. The van der Waals surface area contributed by atoms with E-state index in [-0.39, 0.29) is 41.7 Å². The lowest BCUT2D eigenvalue weighted by molar-refractivity contribution is -0.139. The zero-order valence-corrected chi connectivity index (χ0v) is 20.8. The SMILES string of the molecule is C=C1CC(O)C(CCC)NC(=O)c2nn(C)cc2NC(=O)c2cccc(n2)C2=CC(CCOC1=O)N=C2. The second-order valence-corrected chi connectivity index (χ2v) is 9.06. The van der Waals surface area contributed by atoms with Gasteiger partial charge < -0.3 is 20.5 Å². The molecule has 11 heteroatoms. The van der Waals surface area contributed by atoms with Gasteiger partial charge in [-0.3, -0.25) is 19.3 Å². The molecule has 0 radical (unpaired) electrons. The highest BCUT2D eigenvalue weighted by molar-refractivity contribution is 6.12. The molecule has 11 nitrogen and oxygen atoms in total. The summed E-state index contributed by atoms with van der Waals surface area (Å²) in [7, 11) is 1.63. The average Bonchev–Trinajstić information content (AvgIpc) is 3.49. The van der Waals surface area contributed by atoms with Crippen LogP contribution in [-0.4, -0.2) is 68.7 Å². The van der Waals surface area contributed by atoms with Crippen LogP contribution < -0.4 is 10.6 Å². The Bertz CT molecular complexity index is 1280. The van der Waals surface area contributed by atoms with Crippen LogP contribution in [0.5, 0.6) is 0 Å². The molecule has 194 valence electrons. The van der Waals surface area contributed by atoms with Crippen molar-refractivity contribution in [3.63, 3.8) is 0 Å². The molecule has 4 heterocycles. The van der Waals surface area contributed by atoms with Gasteiger partial charge in [0, 0.05) is 43.4 Å². The summed E-state index contributed by atoms with van der Waals surface area (Å²) in [5, 5.41) is 20.5. The van der Waals surface area contributed by atoms with Gasteiger partial charge in [-0.15, -0.1) is 0 Å². The van der Waals surface area contributed by atoms with Gasteiger partial charge >= 0.3 is 5.97 Å². The van der Waals surface area contributed by atoms with Crippen molar-refractivity contribution < 1.29 is 24.2 Å². The average molecular weight is 507 g/mol. The Labute approximate surface area is 214 Å². The van der Waals surface area contributed by atoms with Gasteiger partial charge in [-0.1, -0.05) is 26.0 Å². The number of amides is 2. The Kier molecular flexibility index (Phi) is 7.92. The Balaban J connectivity index is 1.67. The molecule has 2 aliphatic heterocycles. The molecule has 4 bridgehead atoms. The first-order valence-electron chi connectivity index (χ1n) is 12.2. The van der Waals surface area contributed by atoms with Crippen molar-refractivity contribution in [1.29, 1.82) is 0 Å². The lowest BCUT2D eigenvalue weighted by Gasteiger charge is -2.24. The molecule has 3 N–H and O–H groups in total. The molecule has 3 unspecified atom stereocenters. The Morgan fingerprint density at radius 1 is 1.22 bits per heavy atom. The molecule has 0 aliphatic carbocycles. The highest BCUT2D eigenvalue weighted by atomic mass is 16.5. The number of aryl methyl sites for hydroxylation is 1. The van der Waals surface area contributed by atoms with Gasteiger partial charge in [-0.25, -0.2) is 9.78 Å². The lowest BCUT2D eigenvalue weighted by Crippen LogP contribution is -2.44. The number of esters is 1. The molecule has 0 aromatic carbocycles. The topological polar surface area (TPSA) is 148 Å². The quantitative estimate of drug-likeness (QED) is 0.417. The van der Waals surface area contributed by atoms with Crippen LogP contribution in [0.3, 0.4) is 0 Å². The Morgan fingerprint density at radius 2 is 2.00 bits per heavy atom. The van der Waals surface area contributed by atoms with E-state index in [1.165, 1.54) is 10.9 Å². The van der Waals surface area contributed by atoms with Gasteiger partial charge in [0.25, 0.3) is 11.8 Å². The maximum atomic E-state index is 13.1. The van der Waals surface area contributed by atoms with E-state index in [1.54, 1.807) is 31.5 Å². The van der Waals surface area contributed by atoms with Crippen LogP contribution in [-0.2, 0) is 16.6 Å². The number of nitrogens with zero attached hydrogens (tertiary/aromatic N) is 4. The molecule has 37 heavy (non-hydrogen) atoms. The molecule has 0 saturated carbocycles. The number of carbonyl (C=O) groups is 3. The summed E-state index contributed by atoms with van der Waals surface area (Å²) in [4.78, 5) is 47.5. The van der Waals surface area contributed by atoms with E-state index in [1.807, 2.05) is 13.0 Å². The second-order valence-electron chi connectivity index (χ2n) is 9.06. The first-order valence-corrected chi connectivity index (χ1v) is 12.2. The van der Waals surface area contributed by atoms with Crippen molar-refractivity contribution in [2.45, 2.75) is 50.8 Å². The number of hydrogen-bond acceptors (Lipinski definition) is 8. The number of aromatic nitrogens is 3. The predicted molar refractivity (Wildman–Crippen MR) is 137 cm³/mol. The van der Waals surface area contributed by atoms with Crippen LogP contribution in [0.1, 0.15) is 59.3 Å². The summed E-state index contributed by atoms with van der Waals surface area (Å²) in [5.41, 5.74) is 1.77. The number of aliphatic hydroxyl groups is 1. The Morgan fingerprint density at radius 3 is 2.78 bits per heavy atom. The van der Waals surface area contributed by atoms with Gasteiger partial charge in [0.15, 0.2) is 5.69 Å². The third-order valence-corrected chi connectivity index (χ3v) is 6.12. The largest absolute Gasteiger partial charge is 0.462 e. The number of pyridine rings is 1. The van der Waals surface area contributed by atoms with E-state index < -0.39 is 29.9 Å². The zero-order valence-electron chi connectivity index (χ0n) is 20.8. The number of aliphatic imine (C=N–C) groups is 1. The predicted octanol–water partition coefficient (Wildman–Crippen LogP) is 2.06. The fraction of sp³-hybridized carbons (Fsp3) is 0.385. The minimum atomic E-state index is -1.08. The highest BCUT2D eigenvalue weighted by Gasteiger charge is 2.27. The summed E-state index contributed by atoms with van der Waals surface area (Å²) < 4.78 is 6.75. The van der Waals surface area contributed by atoms with E-state index >= 15 is 0 Å². The van der Waals surface area contributed by atoms with Crippen LogP contribution >= 0.6 is 0 Å². The lowest BCUT2D eigenvalue weighted by atomic mass is 9.99. The van der Waals surface area contributed by atoms with Gasteiger partial charge in [0.05, 0.1) is 36.2 Å². The molecule has 0 fully saturated rings. The number of hydrogen-bond donors (Lipinski definition) is 3. The van der Waals surface area contributed by atoms with Crippen LogP contribution in [0.4, 0.5) is 5.69 Å². The van der Waals surface area contributed by atoms with E-state index in [9.17, 15) is 19.5 Å². The maximum Gasteiger partial charge on any atom is 0.333 e. The van der Waals surface area contributed by atoms with Gasteiger partial charge in [-0.2, -0.15) is 5.10 Å². The van der Waals surface area contributed by atoms with E-state index in [0.29, 0.717) is 25.0 Å². The summed E-state index contributed by atoms with van der Waals surface area (Å²) in [6.45, 7) is 5.79. The molecule has 0 saturated heterocycles. The second kappa shape index (κ2) is 11.3. The smallest absolute Gasteiger partial charge is 0.333 e. The van der Waals surface area contributed by atoms with Crippen LogP contribution in [0, 0.1) is 0 Å². The molecule has 2 amide bonds. The number of rotatable bonds is 2. The van der Waals surface area contributed by atoms with Crippen LogP contribution in [0.25, 0.3) is 5.57 Å². The summed E-state index contributed by atoms with van der Waals surface area (Å²) >= 11 is 0. The highest BCUT2D eigenvalue weighted by Crippen LogP contribution is 2.21. The number of anilines is 1. The number of allylic oxidation sites excluding steroid dienone is 1. The standard InChI is InChI=1S/C26H30N6O5/c1-4-6-19-22(33)11-15(2)26(36)37-10-9-17-12-16(13-27-17)18-7-5-8-20(28-18)24(34)30-21-14-32(3)31-23(21)25(35)29-19/h5,7-8,12-14,17,19,22,33H,2,4,6,9-11H2,1,3H3,(H,29,35)(H,30,34). The Hall–Kier alpha value is -4.12. The number of carbonyl (C=O) groups excluding carboxylic acids is 3. The van der Waals surface area contributed by atoms with E-state index in [4.69, 9.17) is 4.74 Å². The fourth-order valence-corrected chi connectivity index (χ4v) is 4.20. The van der Waals surface area contributed by atoms with Crippen molar-refractivity contribution >= 4 is 35.3 Å². The third-order valence-electron chi connectivity index (χ3n) is 6.12. The molecule has 2 aromatic heterocycles. The van der Waals surface area contributed by atoms with Crippen molar-refractivity contribution in [3.05, 3.63) is 59.7 Å². The maximum absolute atomic E-state index is 13.1.